The lowest BCUT2D eigenvalue weighted by molar-refractivity contribution is -0.122. The number of aromatic nitrogens is 4. The first kappa shape index (κ1) is 17.9. The van der Waals surface area contributed by atoms with Crippen LogP contribution < -0.4 is 10.1 Å². The van der Waals surface area contributed by atoms with Gasteiger partial charge in [-0.05, 0) is 44.5 Å². The molecule has 0 aliphatic rings. The van der Waals surface area contributed by atoms with Crippen molar-refractivity contribution in [3.05, 3.63) is 53.6 Å². The van der Waals surface area contributed by atoms with Gasteiger partial charge in [0, 0.05) is 12.4 Å². The summed E-state index contributed by atoms with van der Waals surface area (Å²) in [6.07, 6.45) is -0.695. The van der Waals surface area contributed by atoms with Crippen LogP contribution in [0.3, 0.4) is 0 Å². The van der Waals surface area contributed by atoms with E-state index in [-0.39, 0.29) is 11.9 Å². The molecule has 1 unspecified atom stereocenters. The Balaban J connectivity index is 1.63. The third-order valence-corrected chi connectivity index (χ3v) is 4.68. The molecule has 1 amide bonds. The minimum absolute atomic E-state index is 0.154. The van der Waals surface area contributed by atoms with Crippen molar-refractivity contribution in [3.63, 3.8) is 0 Å². The van der Waals surface area contributed by atoms with Crippen LogP contribution in [-0.4, -0.2) is 31.8 Å². The number of hydrogen-bond donors (Lipinski definition) is 1. The molecular weight excluding hydrogens is 354 g/mol. The molecule has 7 nitrogen and oxygen atoms in total. The Hall–Kier alpha value is -3.48. The third-order valence-electron chi connectivity index (χ3n) is 4.68. The highest BCUT2D eigenvalue weighted by Crippen LogP contribution is 2.29. The van der Waals surface area contributed by atoms with E-state index in [1.165, 1.54) is 0 Å². The Morgan fingerprint density at radius 2 is 1.89 bits per heavy atom. The smallest absolute Gasteiger partial charge is 0.267 e. The van der Waals surface area contributed by atoms with Gasteiger partial charge in [0.15, 0.2) is 11.8 Å². The summed E-state index contributed by atoms with van der Waals surface area (Å²) in [7, 11) is 1.94. The number of benzene rings is 2. The van der Waals surface area contributed by atoms with Crippen LogP contribution in [0.15, 0.2) is 42.5 Å². The fourth-order valence-electron chi connectivity index (χ4n) is 3.44. The Morgan fingerprint density at radius 3 is 2.64 bits per heavy atom. The van der Waals surface area contributed by atoms with Crippen molar-refractivity contribution in [3.8, 4) is 5.75 Å². The molecule has 1 atom stereocenters. The Morgan fingerprint density at radius 1 is 1.14 bits per heavy atom. The number of ether oxygens (including phenoxy) is 1. The molecule has 0 aliphatic carbocycles. The average molecular weight is 375 g/mol. The maximum Gasteiger partial charge on any atom is 0.267 e. The Labute approximate surface area is 162 Å². The number of anilines is 1. The highest BCUT2D eigenvalue weighted by Gasteiger charge is 2.19. The van der Waals surface area contributed by atoms with Crippen molar-refractivity contribution in [2.75, 3.05) is 5.32 Å². The summed E-state index contributed by atoms with van der Waals surface area (Å²) in [4.78, 5) is 17.0. The Bertz CT molecular complexity index is 1180. The van der Waals surface area contributed by atoms with Crippen molar-refractivity contribution in [1.82, 2.24) is 19.7 Å². The summed E-state index contributed by atoms with van der Waals surface area (Å²) in [6, 6.07) is 13.4. The van der Waals surface area contributed by atoms with E-state index in [0.29, 0.717) is 11.4 Å². The van der Waals surface area contributed by atoms with Gasteiger partial charge in [0.05, 0.1) is 5.52 Å². The quantitative estimate of drug-likeness (QED) is 0.590. The number of carbonyl (C=O) groups excluding carboxylic acids is 1. The lowest BCUT2D eigenvalue weighted by Gasteiger charge is -2.13. The van der Waals surface area contributed by atoms with Gasteiger partial charge in [-0.2, -0.15) is 4.98 Å². The molecule has 7 heteroatoms. The SMILES string of the molecule is Cc1cc(C)c2c(c1)c1nnc(NC(=O)C(C)Oc3ccccc3)nc1n2C. The monoisotopic (exact) mass is 375 g/mol. The second-order valence-electron chi connectivity index (χ2n) is 6.91. The lowest BCUT2D eigenvalue weighted by atomic mass is 10.1. The molecule has 0 aliphatic heterocycles. The molecule has 0 saturated carbocycles. The maximum absolute atomic E-state index is 12.5. The normalized spacial score (nSPS) is 12.3. The van der Waals surface area contributed by atoms with Crippen LogP contribution in [0.5, 0.6) is 5.75 Å². The summed E-state index contributed by atoms with van der Waals surface area (Å²) in [5, 5.41) is 12.1. The van der Waals surface area contributed by atoms with Crippen molar-refractivity contribution < 1.29 is 9.53 Å². The minimum atomic E-state index is -0.695. The third kappa shape index (κ3) is 3.15. The minimum Gasteiger partial charge on any atom is -0.481 e. The van der Waals surface area contributed by atoms with Crippen molar-refractivity contribution in [2.45, 2.75) is 26.9 Å². The number of amides is 1. The molecule has 4 aromatic rings. The van der Waals surface area contributed by atoms with Crippen LogP contribution in [0.2, 0.25) is 0 Å². The largest absolute Gasteiger partial charge is 0.481 e. The number of nitrogens with one attached hydrogen (secondary N) is 1. The molecule has 1 N–H and O–H groups in total. The molecule has 0 radical (unpaired) electrons. The van der Waals surface area contributed by atoms with Gasteiger partial charge in [-0.25, -0.2) is 0 Å². The number of para-hydroxylation sites is 1. The zero-order chi connectivity index (χ0) is 19.8. The molecule has 2 aromatic heterocycles. The molecule has 28 heavy (non-hydrogen) atoms. The van der Waals surface area contributed by atoms with Gasteiger partial charge < -0.3 is 9.30 Å². The van der Waals surface area contributed by atoms with E-state index >= 15 is 0 Å². The number of rotatable bonds is 4. The molecule has 142 valence electrons. The molecule has 4 rings (SSSR count). The van der Waals surface area contributed by atoms with Crippen LogP contribution in [0.1, 0.15) is 18.1 Å². The Kier molecular flexibility index (Phi) is 4.43. The molecule has 2 aromatic carbocycles. The first-order valence-electron chi connectivity index (χ1n) is 9.06. The summed E-state index contributed by atoms with van der Waals surface area (Å²) < 4.78 is 7.62. The predicted molar refractivity (Wildman–Crippen MR) is 108 cm³/mol. The van der Waals surface area contributed by atoms with E-state index in [2.05, 4.69) is 46.5 Å². The van der Waals surface area contributed by atoms with Crippen LogP contribution in [0, 0.1) is 13.8 Å². The molecule has 0 saturated heterocycles. The number of hydrogen-bond acceptors (Lipinski definition) is 5. The zero-order valence-electron chi connectivity index (χ0n) is 16.2. The van der Waals surface area contributed by atoms with Crippen LogP contribution in [0.25, 0.3) is 22.1 Å². The molecule has 0 bridgehead atoms. The van der Waals surface area contributed by atoms with E-state index < -0.39 is 6.10 Å². The summed E-state index contributed by atoms with van der Waals surface area (Å²) >= 11 is 0. The number of fused-ring (bicyclic) bond motifs is 3. The van der Waals surface area contributed by atoms with Crippen molar-refractivity contribution in [2.24, 2.45) is 7.05 Å². The average Bonchev–Trinajstić information content (AvgIpc) is 2.94. The van der Waals surface area contributed by atoms with Crippen LogP contribution >= 0.6 is 0 Å². The van der Waals surface area contributed by atoms with Gasteiger partial charge in [0.2, 0.25) is 0 Å². The first-order chi connectivity index (χ1) is 13.4. The fourth-order valence-corrected chi connectivity index (χ4v) is 3.44. The van der Waals surface area contributed by atoms with Gasteiger partial charge in [-0.1, -0.05) is 29.8 Å². The highest BCUT2D eigenvalue weighted by atomic mass is 16.5. The van der Waals surface area contributed by atoms with E-state index in [4.69, 9.17) is 4.74 Å². The van der Waals surface area contributed by atoms with E-state index in [9.17, 15) is 4.79 Å². The number of aryl methyl sites for hydroxylation is 3. The first-order valence-corrected chi connectivity index (χ1v) is 9.06. The molecule has 2 heterocycles. The second kappa shape index (κ2) is 6.92. The summed E-state index contributed by atoms with van der Waals surface area (Å²) in [5.41, 5.74) is 4.75. The van der Waals surface area contributed by atoms with Gasteiger partial charge in [0.1, 0.15) is 11.3 Å². The zero-order valence-corrected chi connectivity index (χ0v) is 16.2. The van der Waals surface area contributed by atoms with Crippen LogP contribution in [0.4, 0.5) is 5.95 Å². The fraction of sp³-hybridized carbons (Fsp3) is 0.238. The van der Waals surface area contributed by atoms with Gasteiger partial charge in [-0.15, -0.1) is 10.2 Å². The molecular formula is C21H21N5O2. The molecule has 0 spiro atoms. The predicted octanol–water partition coefficient (Wildman–Crippen LogP) is 3.54. The summed E-state index contributed by atoms with van der Waals surface area (Å²) in [5.74, 6) is 0.441. The van der Waals surface area contributed by atoms with E-state index in [0.717, 1.165) is 27.5 Å². The molecule has 0 fully saturated rings. The number of nitrogens with zero attached hydrogens (tertiary/aromatic N) is 4. The lowest BCUT2D eigenvalue weighted by Crippen LogP contribution is -2.31. The number of carbonyl (C=O) groups is 1. The summed E-state index contributed by atoms with van der Waals surface area (Å²) in [6.45, 7) is 5.79. The maximum atomic E-state index is 12.5. The van der Waals surface area contributed by atoms with Gasteiger partial charge >= 0.3 is 0 Å². The van der Waals surface area contributed by atoms with E-state index in [1.807, 2.05) is 29.8 Å². The van der Waals surface area contributed by atoms with Crippen molar-refractivity contribution >= 4 is 33.9 Å². The highest BCUT2D eigenvalue weighted by molar-refractivity contribution is 6.06. The van der Waals surface area contributed by atoms with Gasteiger partial charge in [-0.3, -0.25) is 10.1 Å². The van der Waals surface area contributed by atoms with E-state index in [1.54, 1.807) is 19.1 Å². The van der Waals surface area contributed by atoms with Crippen LogP contribution in [-0.2, 0) is 11.8 Å². The second-order valence-corrected chi connectivity index (χ2v) is 6.91. The van der Waals surface area contributed by atoms with Crippen molar-refractivity contribution in [1.29, 1.82) is 0 Å². The topological polar surface area (TPSA) is 81.9 Å². The standard InChI is InChI=1S/C21H21N5O2/c1-12-10-13(2)18-16(11-12)17-19(26(18)4)22-21(25-24-17)23-20(27)14(3)28-15-8-6-5-7-9-15/h5-11,14H,1-4H3,(H,22,23,25,27). The van der Waals surface area contributed by atoms with Gasteiger partial charge in [0.25, 0.3) is 11.9 Å².